The molecule has 3 atom stereocenters. The monoisotopic (exact) mass is 590 g/mol. The average Bonchev–Trinajstić information content (AvgIpc) is 2.88. The highest BCUT2D eigenvalue weighted by atomic mass is 19.4. The summed E-state index contributed by atoms with van der Waals surface area (Å²) in [7, 11) is 1.33. The zero-order chi connectivity index (χ0) is 30.7. The van der Waals surface area contributed by atoms with Crippen LogP contribution in [0.25, 0.3) is 0 Å². The summed E-state index contributed by atoms with van der Waals surface area (Å²) in [6.45, 7) is 5.56. The van der Waals surface area contributed by atoms with Crippen LogP contribution in [0.4, 0.5) is 35.5 Å². The lowest BCUT2D eigenvalue weighted by Crippen LogP contribution is -2.51. The lowest BCUT2D eigenvalue weighted by atomic mass is 9.89. The molecule has 2 aromatic rings. The SMILES string of the molecule is CC(=O)NCCN[C@H]1CCN(C(=O)N(C)[C@H](C)c2cc(C(F)(F)F)cc(C(F)(F)F)c2)[C@@H](c2ccc(F)cc2C)C1. The summed E-state index contributed by atoms with van der Waals surface area (Å²) in [4.78, 5) is 27.5. The number of nitrogens with one attached hydrogen (secondary N) is 2. The van der Waals surface area contributed by atoms with Crippen LogP contribution in [0.15, 0.2) is 36.4 Å². The van der Waals surface area contributed by atoms with E-state index in [1.54, 1.807) is 13.0 Å². The molecular weight excluding hydrogens is 557 g/mol. The summed E-state index contributed by atoms with van der Waals surface area (Å²) in [6, 6.07) is 3.14. The third kappa shape index (κ3) is 8.11. The van der Waals surface area contributed by atoms with Crippen LogP contribution in [0.5, 0.6) is 0 Å². The minimum atomic E-state index is -5.02. The normalized spacial score (nSPS) is 18.7. The third-order valence-electron chi connectivity index (χ3n) is 7.35. The molecule has 13 heteroatoms. The van der Waals surface area contributed by atoms with Crippen LogP contribution in [0.3, 0.4) is 0 Å². The third-order valence-corrected chi connectivity index (χ3v) is 7.35. The van der Waals surface area contributed by atoms with Crippen molar-refractivity contribution in [2.24, 2.45) is 0 Å². The van der Waals surface area contributed by atoms with Gasteiger partial charge in [0.15, 0.2) is 0 Å². The van der Waals surface area contributed by atoms with Crippen molar-refractivity contribution in [1.29, 1.82) is 0 Å². The van der Waals surface area contributed by atoms with Gasteiger partial charge in [-0.3, -0.25) is 4.79 Å². The number of alkyl halides is 6. The molecule has 1 aliphatic rings. The smallest absolute Gasteiger partial charge is 0.355 e. The number of piperidine rings is 1. The van der Waals surface area contributed by atoms with Gasteiger partial charge in [-0.05, 0) is 73.7 Å². The molecule has 0 spiro atoms. The molecule has 2 aromatic carbocycles. The van der Waals surface area contributed by atoms with Crippen molar-refractivity contribution in [2.75, 3.05) is 26.7 Å². The largest absolute Gasteiger partial charge is 0.416 e. The molecule has 0 bridgehead atoms. The van der Waals surface area contributed by atoms with E-state index in [2.05, 4.69) is 10.6 Å². The van der Waals surface area contributed by atoms with E-state index in [9.17, 15) is 40.3 Å². The Morgan fingerprint density at radius 2 is 1.63 bits per heavy atom. The number of hydrogen-bond donors (Lipinski definition) is 2. The highest BCUT2D eigenvalue weighted by Gasteiger charge is 2.39. The molecule has 226 valence electrons. The first-order chi connectivity index (χ1) is 19.0. The second-order valence-corrected chi connectivity index (χ2v) is 10.3. The van der Waals surface area contributed by atoms with Gasteiger partial charge in [-0.1, -0.05) is 6.07 Å². The summed E-state index contributed by atoms with van der Waals surface area (Å²) in [6.07, 6.45) is -9.11. The number of urea groups is 1. The predicted octanol–water partition coefficient (Wildman–Crippen LogP) is 6.22. The van der Waals surface area contributed by atoms with Gasteiger partial charge in [0.25, 0.3) is 0 Å². The van der Waals surface area contributed by atoms with Gasteiger partial charge < -0.3 is 20.4 Å². The molecule has 0 aliphatic carbocycles. The highest BCUT2D eigenvalue weighted by molar-refractivity contribution is 5.75. The number of likely N-dealkylation sites (tertiary alicyclic amines) is 1. The van der Waals surface area contributed by atoms with Gasteiger partial charge in [-0.2, -0.15) is 26.3 Å². The molecule has 1 saturated heterocycles. The zero-order valence-corrected chi connectivity index (χ0v) is 23.1. The Balaban J connectivity index is 1.90. The predicted molar refractivity (Wildman–Crippen MR) is 138 cm³/mol. The van der Waals surface area contributed by atoms with Gasteiger partial charge in [0.1, 0.15) is 5.82 Å². The molecule has 0 unspecified atom stereocenters. The summed E-state index contributed by atoms with van der Waals surface area (Å²) in [5.74, 6) is -0.631. The van der Waals surface area contributed by atoms with E-state index in [0.717, 1.165) is 4.90 Å². The first-order valence-electron chi connectivity index (χ1n) is 13.1. The molecule has 1 fully saturated rings. The number of hydrogen-bond acceptors (Lipinski definition) is 3. The van der Waals surface area contributed by atoms with Crippen LogP contribution >= 0.6 is 0 Å². The maximum absolute atomic E-state index is 13.9. The van der Waals surface area contributed by atoms with Crippen molar-refractivity contribution in [3.63, 3.8) is 0 Å². The van der Waals surface area contributed by atoms with Crippen LogP contribution < -0.4 is 10.6 Å². The lowest BCUT2D eigenvalue weighted by Gasteiger charge is -2.43. The van der Waals surface area contributed by atoms with Crippen molar-refractivity contribution in [1.82, 2.24) is 20.4 Å². The van der Waals surface area contributed by atoms with E-state index in [1.807, 2.05) is 0 Å². The van der Waals surface area contributed by atoms with Gasteiger partial charge in [0.05, 0.1) is 23.2 Å². The van der Waals surface area contributed by atoms with Crippen molar-refractivity contribution in [3.05, 3.63) is 70.0 Å². The standard InChI is InChI=1S/C28H33F7N4O2/c1-16-11-22(29)5-6-24(16)25-15-23(37-9-8-36-18(3)40)7-10-39(25)26(41)38(4)17(2)19-12-20(27(30,31)32)14-21(13-19)28(33,34)35/h5-6,11-14,17,23,25,37H,7-10,15H2,1-4H3,(H,36,40)/t17-,23+,25-/m1/s1. The van der Waals surface area contributed by atoms with Gasteiger partial charge in [0.2, 0.25) is 5.91 Å². The Labute approximate surface area is 233 Å². The number of halogens is 7. The molecule has 1 heterocycles. The van der Waals surface area contributed by atoms with Crippen LogP contribution in [-0.4, -0.2) is 54.5 Å². The molecule has 6 nitrogen and oxygen atoms in total. The van der Waals surface area contributed by atoms with Crippen LogP contribution in [0, 0.1) is 12.7 Å². The Bertz CT molecular complexity index is 1220. The summed E-state index contributed by atoms with van der Waals surface area (Å²) < 4.78 is 94.5. The Morgan fingerprint density at radius 3 is 2.17 bits per heavy atom. The van der Waals surface area contributed by atoms with Crippen LogP contribution in [0.2, 0.25) is 0 Å². The molecular formula is C28H33F7N4O2. The molecule has 0 radical (unpaired) electrons. The fourth-order valence-electron chi connectivity index (χ4n) is 5.01. The molecule has 3 amide bonds. The molecule has 0 aromatic heterocycles. The van der Waals surface area contributed by atoms with Crippen molar-refractivity contribution in [3.8, 4) is 0 Å². The topological polar surface area (TPSA) is 64.7 Å². The quantitative estimate of drug-likeness (QED) is 0.298. The van der Waals surface area contributed by atoms with E-state index in [1.165, 1.54) is 37.9 Å². The van der Waals surface area contributed by atoms with E-state index < -0.39 is 47.4 Å². The Morgan fingerprint density at radius 1 is 1.02 bits per heavy atom. The van der Waals surface area contributed by atoms with Crippen molar-refractivity contribution < 1.29 is 40.3 Å². The zero-order valence-electron chi connectivity index (χ0n) is 23.1. The molecule has 0 saturated carbocycles. The number of amides is 3. The van der Waals surface area contributed by atoms with Crippen molar-refractivity contribution >= 4 is 11.9 Å². The number of carbonyl (C=O) groups is 2. The maximum Gasteiger partial charge on any atom is 0.416 e. The van der Waals surface area contributed by atoms with Crippen molar-refractivity contribution in [2.45, 2.75) is 64.1 Å². The summed E-state index contributed by atoms with van der Waals surface area (Å²) in [5, 5.41) is 6.02. The highest BCUT2D eigenvalue weighted by Crippen LogP contribution is 2.39. The summed E-state index contributed by atoms with van der Waals surface area (Å²) >= 11 is 0. The summed E-state index contributed by atoms with van der Waals surface area (Å²) in [5.41, 5.74) is -1.96. The second-order valence-electron chi connectivity index (χ2n) is 10.3. The maximum atomic E-state index is 13.9. The van der Waals surface area contributed by atoms with Crippen LogP contribution in [0.1, 0.15) is 66.6 Å². The number of carbonyl (C=O) groups excluding carboxylic acids is 2. The molecule has 41 heavy (non-hydrogen) atoms. The average molecular weight is 591 g/mol. The molecule has 3 rings (SSSR count). The first kappa shape index (κ1) is 32.2. The minimum absolute atomic E-state index is 0.0507. The van der Waals surface area contributed by atoms with Gasteiger partial charge >= 0.3 is 18.4 Å². The molecule has 2 N–H and O–H groups in total. The van der Waals surface area contributed by atoms with E-state index in [4.69, 9.17) is 0 Å². The number of benzene rings is 2. The number of nitrogens with zero attached hydrogens (tertiary/aromatic N) is 2. The minimum Gasteiger partial charge on any atom is -0.355 e. The Hall–Kier alpha value is -3.35. The Kier molecular flexibility index (Phi) is 9.94. The number of aryl methyl sites for hydroxylation is 1. The van der Waals surface area contributed by atoms with Crippen LogP contribution in [-0.2, 0) is 17.1 Å². The van der Waals surface area contributed by atoms with Gasteiger partial charge in [0, 0.05) is 39.6 Å². The number of rotatable bonds is 7. The first-order valence-corrected chi connectivity index (χ1v) is 13.1. The fourth-order valence-corrected chi connectivity index (χ4v) is 5.01. The molecule has 1 aliphatic heterocycles. The van der Waals surface area contributed by atoms with E-state index >= 15 is 0 Å². The van der Waals surface area contributed by atoms with Gasteiger partial charge in [-0.15, -0.1) is 0 Å². The van der Waals surface area contributed by atoms with E-state index in [-0.39, 0.29) is 30.1 Å². The van der Waals surface area contributed by atoms with Gasteiger partial charge in [-0.25, -0.2) is 9.18 Å². The second kappa shape index (κ2) is 12.7. The lowest BCUT2D eigenvalue weighted by molar-refractivity contribution is -0.143. The fraction of sp³-hybridized carbons (Fsp3) is 0.500. The van der Waals surface area contributed by atoms with E-state index in [0.29, 0.717) is 49.2 Å².